The van der Waals surface area contributed by atoms with E-state index < -0.39 is 17.8 Å². The average Bonchev–Trinajstić information content (AvgIpc) is 2.66. The predicted octanol–water partition coefficient (Wildman–Crippen LogP) is 2.16. The van der Waals surface area contributed by atoms with Gasteiger partial charge in [0.15, 0.2) is 11.5 Å². The molecule has 0 bridgehead atoms. The minimum atomic E-state index is -0.807. The molecule has 0 unspecified atom stereocenters. The number of nitrogens with one attached hydrogen (secondary N) is 1. The molecule has 0 spiro atoms. The van der Waals surface area contributed by atoms with Crippen LogP contribution in [0.15, 0.2) is 48.3 Å². The number of barbiturate groups is 1. The first kappa shape index (κ1) is 18.1. The number of benzene rings is 1. The van der Waals surface area contributed by atoms with Crippen molar-refractivity contribution in [1.29, 1.82) is 0 Å². The Kier molecular flexibility index (Phi) is 5.16. The van der Waals surface area contributed by atoms with Gasteiger partial charge >= 0.3 is 6.03 Å². The number of anilines is 1. The molecule has 27 heavy (non-hydrogen) atoms. The molecule has 1 aromatic heterocycles. The van der Waals surface area contributed by atoms with Gasteiger partial charge in [0.05, 0.1) is 19.4 Å². The fourth-order valence-corrected chi connectivity index (χ4v) is 2.60. The summed E-state index contributed by atoms with van der Waals surface area (Å²) in [7, 11) is 1.52. The minimum absolute atomic E-state index is 0.168. The van der Waals surface area contributed by atoms with Crippen LogP contribution in [-0.4, -0.2) is 36.5 Å². The number of pyridine rings is 1. The number of hydrogen-bond acceptors (Lipinski definition) is 6. The zero-order valence-corrected chi connectivity index (χ0v) is 14.8. The lowest BCUT2D eigenvalue weighted by molar-refractivity contribution is -0.122. The molecule has 4 amide bonds. The monoisotopic (exact) mass is 367 g/mol. The molecule has 0 aliphatic carbocycles. The number of methoxy groups -OCH3 is 1. The highest BCUT2D eigenvalue weighted by Crippen LogP contribution is 2.29. The minimum Gasteiger partial charge on any atom is -0.493 e. The third-order valence-corrected chi connectivity index (χ3v) is 3.82. The van der Waals surface area contributed by atoms with Crippen molar-refractivity contribution in [2.45, 2.75) is 6.92 Å². The van der Waals surface area contributed by atoms with E-state index >= 15 is 0 Å². The van der Waals surface area contributed by atoms with Gasteiger partial charge in [0, 0.05) is 12.4 Å². The summed E-state index contributed by atoms with van der Waals surface area (Å²) in [6, 6.07) is 7.22. The third-order valence-electron chi connectivity index (χ3n) is 3.82. The number of amides is 4. The van der Waals surface area contributed by atoms with Crippen LogP contribution >= 0.6 is 0 Å². The first-order valence-electron chi connectivity index (χ1n) is 8.17. The van der Waals surface area contributed by atoms with Gasteiger partial charge in [0.2, 0.25) is 0 Å². The Morgan fingerprint density at radius 2 is 1.85 bits per heavy atom. The van der Waals surface area contributed by atoms with Gasteiger partial charge in [-0.2, -0.15) is 0 Å². The van der Waals surface area contributed by atoms with E-state index in [4.69, 9.17) is 9.47 Å². The van der Waals surface area contributed by atoms with Crippen molar-refractivity contribution in [3.8, 4) is 11.5 Å². The van der Waals surface area contributed by atoms with E-state index in [9.17, 15) is 14.4 Å². The Balaban J connectivity index is 1.99. The van der Waals surface area contributed by atoms with Crippen LogP contribution in [0.3, 0.4) is 0 Å². The van der Waals surface area contributed by atoms with Crippen molar-refractivity contribution >= 4 is 29.6 Å². The van der Waals surface area contributed by atoms with Crippen molar-refractivity contribution in [1.82, 2.24) is 10.3 Å². The SMILES string of the molecule is CCOc1cc(/C=C2\C(=O)NC(=O)N(c3ccncc3)C2=O)ccc1OC. The highest BCUT2D eigenvalue weighted by atomic mass is 16.5. The molecule has 1 aromatic carbocycles. The number of hydrogen-bond donors (Lipinski definition) is 1. The van der Waals surface area contributed by atoms with Crippen LogP contribution in [-0.2, 0) is 9.59 Å². The fourth-order valence-electron chi connectivity index (χ4n) is 2.60. The van der Waals surface area contributed by atoms with Crippen LogP contribution in [0.2, 0.25) is 0 Å². The number of rotatable bonds is 5. The summed E-state index contributed by atoms with van der Waals surface area (Å²) in [6.45, 7) is 2.26. The molecule has 8 nitrogen and oxygen atoms in total. The molecule has 1 aliphatic rings. The van der Waals surface area contributed by atoms with Crippen molar-refractivity contribution in [2.75, 3.05) is 18.6 Å². The van der Waals surface area contributed by atoms with Gasteiger partial charge in [0.25, 0.3) is 11.8 Å². The molecule has 2 heterocycles. The second-order valence-electron chi connectivity index (χ2n) is 5.51. The molecule has 3 rings (SSSR count). The molecular formula is C19H17N3O5. The van der Waals surface area contributed by atoms with Crippen LogP contribution in [0.4, 0.5) is 10.5 Å². The Morgan fingerprint density at radius 1 is 1.11 bits per heavy atom. The highest BCUT2D eigenvalue weighted by molar-refractivity contribution is 6.39. The Bertz CT molecular complexity index is 924. The third kappa shape index (κ3) is 3.64. The number of urea groups is 1. The van der Waals surface area contributed by atoms with Gasteiger partial charge in [-0.25, -0.2) is 9.69 Å². The molecule has 1 aliphatic heterocycles. The van der Waals surface area contributed by atoms with Gasteiger partial charge in [-0.1, -0.05) is 6.07 Å². The van der Waals surface area contributed by atoms with Crippen molar-refractivity contribution in [3.05, 3.63) is 53.9 Å². The molecule has 0 atom stereocenters. The van der Waals surface area contributed by atoms with E-state index in [2.05, 4.69) is 10.3 Å². The van der Waals surface area contributed by atoms with Gasteiger partial charge in [-0.05, 0) is 42.8 Å². The fraction of sp³-hybridized carbons (Fsp3) is 0.158. The molecule has 1 N–H and O–H groups in total. The first-order valence-corrected chi connectivity index (χ1v) is 8.17. The summed E-state index contributed by atoms with van der Waals surface area (Å²) in [5, 5.41) is 2.17. The van der Waals surface area contributed by atoms with Gasteiger partial charge in [-0.15, -0.1) is 0 Å². The number of nitrogens with zero attached hydrogens (tertiary/aromatic N) is 2. The zero-order chi connectivity index (χ0) is 19.4. The van der Waals surface area contributed by atoms with Crippen LogP contribution < -0.4 is 19.7 Å². The van der Waals surface area contributed by atoms with E-state index in [1.165, 1.54) is 37.7 Å². The number of ether oxygens (including phenoxy) is 2. The largest absolute Gasteiger partial charge is 0.493 e. The lowest BCUT2D eigenvalue weighted by atomic mass is 10.1. The van der Waals surface area contributed by atoms with Gasteiger partial charge in [-0.3, -0.25) is 19.9 Å². The molecule has 8 heteroatoms. The molecule has 2 aromatic rings. The maximum Gasteiger partial charge on any atom is 0.335 e. The van der Waals surface area contributed by atoms with E-state index in [-0.39, 0.29) is 5.57 Å². The summed E-state index contributed by atoms with van der Waals surface area (Å²) in [5.74, 6) is -0.458. The van der Waals surface area contributed by atoms with E-state index in [1.807, 2.05) is 6.92 Å². The van der Waals surface area contributed by atoms with Crippen molar-refractivity contribution in [2.24, 2.45) is 0 Å². The zero-order valence-electron chi connectivity index (χ0n) is 14.8. The number of aromatic nitrogens is 1. The summed E-state index contributed by atoms with van der Waals surface area (Å²) in [5.41, 5.74) is 0.705. The lowest BCUT2D eigenvalue weighted by Gasteiger charge is -2.26. The molecular weight excluding hydrogens is 350 g/mol. The second-order valence-corrected chi connectivity index (χ2v) is 5.51. The Morgan fingerprint density at radius 3 is 2.52 bits per heavy atom. The standard InChI is InChI=1S/C19H17N3O5/c1-3-27-16-11-12(4-5-15(16)26-2)10-14-17(23)21-19(25)22(18(14)24)13-6-8-20-9-7-13/h4-11H,3H2,1-2H3,(H,21,23,25)/b14-10+. The smallest absolute Gasteiger partial charge is 0.335 e. The predicted molar refractivity (Wildman–Crippen MR) is 97.4 cm³/mol. The van der Waals surface area contributed by atoms with Gasteiger partial charge in [0.1, 0.15) is 5.57 Å². The first-order chi connectivity index (χ1) is 13.0. The molecule has 1 saturated heterocycles. The van der Waals surface area contributed by atoms with Gasteiger partial charge < -0.3 is 9.47 Å². The van der Waals surface area contributed by atoms with Crippen LogP contribution in [0.5, 0.6) is 11.5 Å². The maximum atomic E-state index is 12.8. The van der Waals surface area contributed by atoms with Crippen LogP contribution in [0.1, 0.15) is 12.5 Å². The number of carbonyl (C=O) groups excluding carboxylic acids is 3. The summed E-state index contributed by atoms with van der Waals surface area (Å²) >= 11 is 0. The normalized spacial score (nSPS) is 15.7. The van der Waals surface area contributed by atoms with Crippen LogP contribution in [0, 0.1) is 0 Å². The lowest BCUT2D eigenvalue weighted by Crippen LogP contribution is -2.54. The average molecular weight is 367 g/mol. The molecule has 1 fully saturated rings. The van der Waals surface area contributed by atoms with E-state index in [0.717, 1.165) is 4.90 Å². The van der Waals surface area contributed by atoms with E-state index in [0.29, 0.717) is 29.4 Å². The summed E-state index contributed by atoms with van der Waals surface area (Å²) < 4.78 is 10.7. The van der Waals surface area contributed by atoms with Crippen LogP contribution in [0.25, 0.3) is 6.08 Å². The van der Waals surface area contributed by atoms with E-state index in [1.54, 1.807) is 18.2 Å². The highest BCUT2D eigenvalue weighted by Gasteiger charge is 2.36. The quantitative estimate of drug-likeness (QED) is 0.642. The number of imide groups is 2. The maximum absolute atomic E-state index is 12.8. The summed E-state index contributed by atoms with van der Waals surface area (Å²) in [4.78, 5) is 41.9. The Labute approximate surface area is 155 Å². The molecule has 0 radical (unpaired) electrons. The van der Waals surface area contributed by atoms with Crippen molar-refractivity contribution in [3.63, 3.8) is 0 Å². The molecule has 138 valence electrons. The number of carbonyl (C=O) groups is 3. The molecule has 0 saturated carbocycles. The van der Waals surface area contributed by atoms with Crippen molar-refractivity contribution < 1.29 is 23.9 Å². The Hall–Kier alpha value is -3.68. The summed E-state index contributed by atoms with van der Waals surface area (Å²) in [6.07, 6.45) is 4.31. The topological polar surface area (TPSA) is 97.8 Å². The second kappa shape index (κ2) is 7.69.